The standard InChI is InChI=1S/C14H21NO/c1-11-3-6-14(16,12(2)9-11)10-13-4-7-15-8-5-13/h4-5,7-8,11-12,16H,3,6,9-10H2,1-2H3. The van der Waals surface area contributed by atoms with Crippen LogP contribution in [0.1, 0.15) is 38.7 Å². The predicted octanol–water partition coefficient (Wildman–Crippen LogP) is 2.81. The van der Waals surface area contributed by atoms with Gasteiger partial charge in [-0.3, -0.25) is 4.98 Å². The molecular weight excluding hydrogens is 198 g/mol. The fourth-order valence-electron chi connectivity index (χ4n) is 2.80. The Labute approximate surface area is 97.7 Å². The molecule has 1 fully saturated rings. The summed E-state index contributed by atoms with van der Waals surface area (Å²) in [7, 11) is 0. The van der Waals surface area contributed by atoms with E-state index in [0.717, 1.165) is 31.6 Å². The summed E-state index contributed by atoms with van der Waals surface area (Å²) in [6, 6.07) is 4.01. The van der Waals surface area contributed by atoms with Crippen molar-refractivity contribution < 1.29 is 5.11 Å². The molecule has 0 radical (unpaired) electrons. The molecular formula is C14H21NO. The first-order valence-electron chi connectivity index (χ1n) is 6.21. The van der Waals surface area contributed by atoms with Crippen LogP contribution >= 0.6 is 0 Å². The lowest BCUT2D eigenvalue weighted by atomic mass is 9.70. The molecule has 1 N–H and O–H groups in total. The molecule has 0 aliphatic heterocycles. The van der Waals surface area contributed by atoms with Gasteiger partial charge in [0.2, 0.25) is 0 Å². The predicted molar refractivity (Wildman–Crippen MR) is 65.1 cm³/mol. The molecule has 88 valence electrons. The van der Waals surface area contributed by atoms with Crippen LogP contribution in [0, 0.1) is 11.8 Å². The number of nitrogens with zero attached hydrogens (tertiary/aromatic N) is 1. The van der Waals surface area contributed by atoms with Gasteiger partial charge in [0, 0.05) is 18.8 Å². The molecule has 0 aromatic carbocycles. The van der Waals surface area contributed by atoms with E-state index < -0.39 is 5.60 Å². The van der Waals surface area contributed by atoms with Crippen molar-refractivity contribution in [3.8, 4) is 0 Å². The van der Waals surface area contributed by atoms with E-state index in [0.29, 0.717) is 5.92 Å². The van der Waals surface area contributed by atoms with Crippen molar-refractivity contribution in [2.24, 2.45) is 11.8 Å². The molecule has 3 atom stereocenters. The summed E-state index contributed by atoms with van der Waals surface area (Å²) in [4.78, 5) is 4.01. The number of hydrogen-bond acceptors (Lipinski definition) is 2. The first kappa shape index (κ1) is 11.6. The number of hydrogen-bond donors (Lipinski definition) is 1. The van der Waals surface area contributed by atoms with Crippen molar-refractivity contribution >= 4 is 0 Å². The summed E-state index contributed by atoms with van der Waals surface area (Å²) >= 11 is 0. The summed E-state index contributed by atoms with van der Waals surface area (Å²) in [5, 5.41) is 10.7. The largest absolute Gasteiger partial charge is 0.389 e. The number of aromatic nitrogens is 1. The Morgan fingerprint density at radius 2 is 2.06 bits per heavy atom. The van der Waals surface area contributed by atoms with Crippen LogP contribution in [-0.4, -0.2) is 15.7 Å². The maximum Gasteiger partial charge on any atom is 0.0713 e. The van der Waals surface area contributed by atoms with Crippen molar-refractivity contribution in [3.05, 3.63) is 30.1 Å². The smallest absolute Gasteiger partial charge is 0.0713 e. The monoisotopic (exact) mass is 219 g/mol. The third-order valence-corrected chi connectivity index (χ3v) is 4.00. The fourth-order valence-corrected chi connectivity index (χ4v) is 2.80. The van der Waals surface area contributed by atoms with Gasteiger partial charge < -0.3 is 5.11 Å². The zero-order chi connectivity index (χ0) is 11.6. The van der Waals surface area contributed by atoms with E-state index in [-0.39, 0.29) is 0 Å². The molecule has 1 aliphatic rings. The van der Waals surface area contributed by atoms with Crippen LogP contribution in [-0.2, 0) is 6.42 Å². The highest BCUT2D eigenvalue weighted by Gasteiger charge is 2.38. The Hall–Kier alpha value is -0.890. The number of rotatable bonds is 2. The van der Waals surface area contributed by atoms with Crippen LogP contribution in [0.3, 0.4) is 0 Å². The van der Waals surface area contributed by atoms with Gasteiger partial charge in [-0.2, -0.15) is 0 Å². The van der Waals surface area contributed by atoms with E-state index in [1.54, 1.807) is 12.4 Å². The summed E-state index contributed by atoms with van der Waals surface area (Å²) in [6.07, 6.45) is 7.58. The van der Waals surface area contributed by atoms with E-state index in [1.807, 2.05) is 12.1 Å². The van der Waals surface area contributed by atoms with Gasteiger partial charge in [0.25, 0.3) is 0 Å². The summed E-state index contributed by atoms with van der Waals surface area (Å²) in [5.74, 6) is 1.15. The highest BCUT2D eigenvalue weighted by Crippen LogP contribution is 2.38. The average molecular weight is 219 g/mol. The van der Waals surface area contributed by atoms with E-state index in [4.69, 9.17) is 0 Å². The maximum absolute atomic E-state index is 10.7. The van der Waals surface area contributed by atoms with Gasteiger partial charge in [-0.15, -0.1) is 0 Å². The Bertz CT molecular complexity index is 338. The lowest BCUT2D eigenvalue weighted by molar-refractivity contribution is -0.0522. The van der Waals surface area contributed by atoms with E-state index in [1.165, 1.54) is 5.56 Å². The van der Waals surface area contributed by atoms with Crippen molar-refractivity contribution in [2.45, 2.75) is 45.1 Å². The molecule has 3 unspecified atom stereocenters. The molecule has 1 aromatic rings. The minimum atomic E-state index is -0.506. The third-order valence-electron chi connectivity index (χ3n) is 4.00. The zero-order valence-corrected chi connectivity index (χ0v) is 10.2. The van der Waals surface area contributed by atoms with Gasteiger partial charge in [0.15, 0.2) is 0 Å². The number of aliphatic hydroxyl groups is 1. The second-order valence-corrected chi connectivity index (χ2v) is 5.42. The minimum Gasteiger partial charge on any atom is -0.389 e. The first-order valence-corrected chi connectivity index (χ1v) is 6.21. The molecule has 2 nitrogen and oxygen atoms in total. The van der Waals surface area contributed by atoms with Gasteiger partial charge in [-0.1, -0.05) is 13.8 Å². The molecule has 0 spiro atoms. The summed E-state index contributed by atoms with van der Waals surface area (Å²) < 4.78 is 0. The molecule has 1 aromatic heterocycles. The molecule has 0 amide bonds. The quantitative estimate of drug-likeness (QED) is 0.829. The van der Waals surface area contributed by atoms with Gasteiger partial charge >= 0.3 is 0 Å². The van der Waals surface area contributed by atoms with Gasteiger partial charge in [0.05, 0.1) is 5.60 Å². The second-order valence-electron chi connectivity index (χ2n) is 5.42. The summed E-state index contributed by atoms with van der Waals surface area (Å²) in [5.41, 5.74) is 0.687. The van der Waals surface area contributed by atoms with Crippen LogP contribution < -0.4 is 0 Å². The van der Waals surface area contributed by atoms with Crippen LogP contribution in [0.15, 0.2) is 24.5 Å². The van der Waals surface area contributed by atoms with Crippen molar-refractivity contribution in [1.29, 1.82) is 0 Å². The van der Waals surface area contributed by atoms with Crippen LogP contribution in [0.25, 0.3) is 0 Å². The molecule has 1 saturated carbocycles. The Morgan fingerprint density at radius 3 is 2.69 bits per heavy atom. The molecule has 2 heteroatoms. The van der Waals surface area contributed by atoms with Crippen LogP contribution in [0.4, 0.5) is 0 Å². The van der Waals surface area contributed by atoms with Gasteiger partial charge in [-0.25, -0.2) is 0 Å². The third kappa shape index (κ3) is 2.43. The molecule has 16 heavy (non-hydrogen) atoms. The van der Waals surface area contributed by atoms with E-state index in [2.05, 4.69) is 18.8 Å². The maximum atomic E-state index is 10.7. The van der Waals surface area contributed by atoms with Crippen LogP contribution in [0.5, 0.6) is 0 Å². The first-order chi connectivity index (χ1) is 7.60. The molecule has 0 bridgehead atoms. The van der Waals surface area contributed by atoms with E-state index in [9.17, 15) is 5.11 Å². The minimum absolute atomic E-state index is 0.393. The second kappa shape index (κ2) is 4.54. The van der Waals surface area contributed by atoms with Crippen LogP contribution in [0.2, 0.25) is 0 Å². The topological polar surface area (TPSA) is 33.1 Å². The molecule has 1 heterocycles. The Kier molecular flexibility index (Phi) is 3.29. The average Bonchev–Trinajstić information content (AvgIpc) is 2.26. The van der Waals surface area contributed by atoms with Gasteiger partial charge in [0.1, 0.15) is 0 Å². The Morgan fingerprint density at radius 1 is 1.38 bits per heavy atom. The van der Waals surface area contributed by atoms with Crippen molar-refractivity contribution in [3.63, 3.8) is 0 Å². The SMILES string of the molecule is CC1CCC(O)(Cc2ccncc2)C(C)C1. The lowest BCUT2D eigenvalue weighted by Gasteiger charge is -2.41. The zero-order valence-electron chi connectivity index (χ0n) is 10.2. The molecule has 1 aliphatic carbocycles. The van der Waals surface area contributed by atoms with E-state index >= 15 is 0 Å². The number of pyridine rings is 1. The summed E-state index contributed by atoms with van der Waals surface area (Å²) in [6.45, 7) is 4.46. The lowest BCUT2D eigenvalue weighted by Crippen LogP contribution is -2.43. The highest BCUT2D eigenvalue weighted by atomic mass is 16.3. The highest BCUT2D eigenvalue weighted by molar-refractivity contribution is 5.14. The molecule has 0 saturated heterocycles. The van der Waals surface area contributed by atoms with Crippen molar-refractivity contribution in [2.75, 3.05) is 0 Å². The normalized spacial score (nSPS) is 34.9. The van der Waals surface area contributed by atoms with Gasteiger partial charge in [-0.05, 0) is 48.8 Å². The Balaban J connectivity index is 2.08. The van der Waals surface area contributed by atoms with Crippen molar-refractivity contribution in [1.82, 2.24) is 4.98 Å². The fraction of sp³-hybridized carbons (Fsp3) is 0.643. The molecule has 2 rings (SSSR count).